The van der Waals surface area contributed by atoms with Crippen LogP contribution in [0.2, 0.25) is 5.02 Å². The molecule has 0 radical (unpaired) electrons. The molecule has 5 unspecified atom stereocenters. The highest BCUT2D eigenvalue weighted by Crippen LogP contribution is 2.53. The first-order chi connectivity index (χ1) is 15.9. The number of carbonyl (C=O) groups excluding carboxylic acids is 4. The average Bonchev–Trinajstić information content (AvgIpc) is 3.11. The van der Waals surface area contributed by atoms with Gasteiger partial charge < -0.3 is 28.4 Å². The van der Waals surface area contributed by atoms with Crippen molar-refractivity contribution in [3.8, 4) is 0 Å². The smallest absolute Gasteiger partial charge is 0.303 e. The third kappa shape index (κ3) is 5.07. The number of ether oxygens (including phenoxy) is 6. The summed E-state index contributed by atoms with van der Waals surface area (Å²) >= 11 is 9.63. The Morgan fingerprint density at radius 2 is 1.62 bits per heavy atom. The molecule has 5 atom stereocenters. The first-order valence-electron chi connectivity index (χ1n) is 10.3. The van der Waals surface area contributed by atoms with Crippen LogP contribution in [0.4, 0.5) is 0 Å². The minimum Gasteiger partial charge on any atom is -0.463 e. The molecule has 0 saturated carbocycles. The van der Waals surface area contributed by atoms with Crippen LogP contribution < -0.4 is 0 Å². The van der Waals surface area contributed by atoms with Crippen molar-refractivity contribution < 1.29 is 47.6 Å². The molecular formula is C22H24BrClO10. The zero-order valence-corrected chi connectivity index (χ0v) is 21.3. The monoisotopic (exact) mass is 562 g/mol. The summed E-state index contributed by atoms with van der Waals surface area (Å²) < 4.78 is 34.3. The van der Waals surface area contributed by atoms with Crippen molar-refractivity contribution in [2.75, 3.05) is 13.2 Å². The van der Waals surface area contributed by atoms with Crippen LogP contribution in [0.15, 0.2) is 18.2 Å². The fraction of sp³-hybridized carbons (Fsp3) is 0.545. The van der Waals surface area contributed by atoms with Gasteiger partial charge in [0.2, 0.25) is 11.9 Å². The van der Waals surface area contributed by atoms with Gasteiger partial charge in [0, 0.05) is 43.6 Å². The van der Waals surface area contributed by atoms with Gasteiger partial charge in [-0.1, -0.05) is 33.6 Å². The van der Waals surface area contributed by atoms with Gasteiger partial charge in [0.05, 0.1) is 6.61 Å². The van der Waals surface area contributed by atoms with E-state index in [1.807, 2.05) is 0 Å². The van der Waals surface area contributed by atoms with E-state index in [1.54, 1.807) is 18.2 Å². The van der Waals surface area contributed by atoms with Gasteiger partial charge in [-0.25, -0.2) is 0 Å². The number of alkyl halides is 1. The summed E-state index contributed by atoms with van der Waals surface area (Å²) in [5.41, 5.74) is -0.478. The number of esters is 4. The van der Waals surface area contributed by atoms with Gasteiger partial charge in [-0.05, 0) is 17.7 Å². The largest absolute Gasteiger partial charge is 0.463 e. The molecular weight excluding hydrogens is 540 g/mol. The highest BCUT2D eigenvalue weighted by Gasteiger charge is 2.72. The van der Waals surface area contributed by atoms with E-state index in [0.717, 1.165) is 13.8 Å². The lowest BCUT2D eigenvalue weighted by Crippen LogP contribution is -2.68. The third-order valence-corrected chi connectivity index (χ3v) is 6.35. The summed E-state index contributed by atoms with van der Waals surface area (Å²) in [6, 6.07) is 4.92. The molecule has 0 N–H and O–H groups in total. The van der Waals surface area contributed by atoms with Crippen LogP contribution in [0, 0.1) is 0 Å². The molecule has 0 amide bonds. The number of fused-ring (bicyclic) bond motifs is 2. The Balaban J connectivity index is 2.23. The molecule has 1 aromatic carbocycles. The Morgan fingerprint density at radius 3 is 2.18 bits per heavy atom. The molecule has 10 nitrogen and oxygen atoms in total. The third-order valence-electron chi connectivity index (χ3n) is 5.38. The molecule has 2 fully saturated rings. The highest BCUT2D eigenvalue weighted by atomic mass is 79.9. The standard InChI is InChI=1S/C22H24BrClO10/c1-11(25)29-9-21-10-30-22(34-21,16-5-6-17(24)15(7-16)8-23)20(33-14(4)28)18(31-12(2)26)19(21)32-13(3)27/h5-7,18-20H,8-10H2,1-4H3. The number of benzene rings is 1. The molecule has 0 spiro atoms. The molecule has 2 aliphatic rings. The number of rotatable bonds is 7. The predicted octanol–water partition coefficient (Wildman–Crippen LogP) is 2.55. The maximum Gasteiger partial charge on any atom is 0.303 e. The van der Waals surface area contributed by atoms with Gasteiger partial charge in [0.15, 0.2) is 17.8 Å². The Bertz CT molecular complexity index is 1000. The summed E-state index contributed by atoms with van der Waals surface area (Å²) in [7, 11) is 0. The van der Waals surface area contributed by atoms with Crippen molar-refractivity contribution in [2.45, 2.75) is 62.7 Å². The maximum absolute atomic E-state index is 12.1. The predicted molar refractivity (Wildman–Crippen MR) is 119 cm³/mol. The second-order valence-electron chi connectivity index (χ2n) is 7.98. The minimum absolute atomic E-state index is 0.236. The molecule has 186 valence electrons. The van der Waals surface area contributed by atoms with Gasteiger partial charge in [-0.3, -0.25) is 19.2 Å². The van der Waals surface area contributed by atoms with Crippen LogP contribution in [0.5, 0.6) is 0 Å². The van der Waals surface area contributed by atoms with Crippen molar-refractivity contribution >= 4 is 51.4 Å². The summed E-state index contributed by atoms with van der Waals surface area (Å²) in [6.07, 6.45) is -4.05. The zero-order valence-electron chi connectivity index (χ0n) is 18.9. The molecule has 1 aromatic rings. The minimum atomic E-state index is -1.79. The van der Waals surface area contributed by atoms with Gasteiger partial charge in [-0.15, -0.1) is 0 Å². The molecule has 12 heteroatoms. The van der Waals surface area contributed by atoms with E-state index in [1.165, 1.54) is 13.8 Å². The van der Waals surface area contributed by atoms with Crippen LogP contribution in [0.1, 0.15) is 38.8 Å². The second kappa shape index (κ2) is 10.2. The van der Waals surface area contributed by atoms with Crippen molar-refractivity contribution in [1.82, 2.24) is 0 Å². The molecule has 2 saturated heterocycles. The molecule has 2 aliphatic heterocycles. The van der Waals surface area contributed by atoms with Gasteiger partial charge in [0.25, 0.3) is 0 Å². The second-order valence-corrected chi connectivity index (χ2v) is 8.95. The molecule has 2 bridgehead atoms. The quantitative estimate of drug-likeness (QED) is 0.278. The van der Waals surface area contributed by atoms with Crippen molar-refractivity contribution in [3.63, 3.8) is 0 Å². The lowest BCUT2D eigenvalue weighted by atomic mass is 9.83. The maximum atomic E-state index is 12.1. The van der Waals surface area contributed by atoms with E-state index in [2.05, 4.69) is 15.9 Å². The summed E-state index contributed by atoms with van der Waals surface area (Å²) in [6.45, 7) is 4.07. The zero-order chi connectivity index (χ0) is 25.3. The lowest BCUT2D eigenvalue weighted by Gasteiger charge is -2.49. The average molecular weight is 564 g/mol. The van der Waals surface area contributed by atoms with E-state index < -0.39 is 53.6 Å². The Kier molecular flexibility index (Phi) is 7.91. The van der Waals surface area contributed by atoms with E-state index in [-0.39, 0.29) is 13.2 Å². The fourth-order valence-corrected chi connectivity index (χ4v) is 4.92. The first kappa shape index (κ1) is 26.4. The highest BCUT2D eigenvalue weighted by molar-refractivity contribution is 9.08. The van der Waals surface area contributed by atoms with E-state index in [4.69, 9.17) is 40.0 Å². The van der Waals surface area contributed by atoms with Crippen LogP contribution in [0.25, 0.3) is 0 Å². The van der Waals surface area contributed by atoms with E-state index in [0.29, 0.717) is 21.5 Å². The number of hydrogen-bond acceptors (Lipinski definition) is 10. The van der Waals surface area contributed by atoms with Crippen molar-refractivity contribution in [3.05, 3.63) is 34.3 Å². The Morgan fingerprint density at radius 1 is 1.00 bits per heavy atom. The van der Waals surface area contributed by atoms with Crippen LogP contribution >= 0.6 is 27.5 Å². The normalized spacial score (nSPS) is 29.8. The summed E-state index contributed by atoms with van der Waals surface area (Å²) in [5, 5.41) is 0.867. The Hall–Kier alpha value is -2.21. The van der Waals surface area contributed by atoms with Gasteiger partial charge >= 0.3 is 23.9 Å². The molecule has 2 heterocycles. The molecule has 0 aromatic heterocycles. The van der Waals surface area contributed by atoms with Gasteiger partial charge in [0.1, 0.15) is 6.61 Å². The summed E-state index contributed by atoms with van der Waals surface area (Å²) in [4.78, 5) is 47.8. The molecule has 3 rings (SSSR count). The van der Waals surface area contributed by atoms with Crippen LogP contribution in [-0.2, 0) is 58.7 Å². The lowest BCUT2D eigenvalue weighted by molar-refractivity contribution is -0.334. The van der Waals surface area contributed by atoms with Crippen LogP contribution in [0.3, 0.4) is 0 Å². The number of hydrogen-bond donors (Lipinski definition) is 0. The molecule has 0 aliphatic carbocycles. The summed E-state index contributed by atoms with van der Waals surface area (Å²) in [5.74, 6) is -4.57. The number of carbonyl (C=O) groups is 4. The topological polar surface area (TPSA) is 124 Å². The van der Waals surface area contributed by atoms with E-state index in [9.17, 15) is 19.2 Å². The van der Waals surface area contributed by atoms with Crippen molar-refractivity contribution in [2.24, 2.45) is 0 Å². The van der Waals surface area contributed by atoms with Crippen molar-refractivity contribution in [1.29, 1.82) is 0 Å². The fourth-order valence-electron chi connectivity index (χ4n) is 4.11. The SMILES string of the molecule is CC(=O)OCC12COC(c3ccc(Cl)c(CBr)c3)(O1)C(OC(C)=O)C(OC(C)=O)C2OC(C)=O. The molecule has 34 heavy (non-hydrogen) atoms. The van der Waals surface area contributed by atoms with Crippen LogP contribution in [-0.4, -0.2) is 61.0 Å². The van der Waals surface area contributed by atoms with Gasteiger partial charge in [-0.2, -0.15) is 0 Å². The number of halogens is 2. The van der Waals surface area contributed by atoms with E-state index >= 15 is 0 Å². The first-order valence-corrected chi connectivity index (χ1v) is 11.8. The Labute approximate surface area is 209 Å².